The number of nitrogens with one attached hydrogen (secondary N) is 2. The summed E-state index contributed by atoms with van der Waals surface area (Å²) in [5.74, 6) is -1.07. The Morgan fingerprint density at radius 3 is 1.29 bits per heavy atom. The summed E-state index contributed by atoms with van der Waals surface area (Å²) in [6.07, 6.45) is 0. The van der Waals surface area contributed by atoms with Crippen LogP contribution < -0.4 is 19.2 Å². The predicted molar refractivity (Wildman–Crippen MR) is 205 cm³/mol. The summed E-state index contributed by atoms with van der Waals surface area (Å²) in [5.41, 5.74) is -0.643. The minimum Gasteiger partial charge on any atom is -0.506 e. The first-order valence-corrected chi connectivity index (χ1v) is 21.8. The fourth-order valence-corrected chi connectivity index (χ4v) is 11.6. The van der Waals surface area contributed by atoms with Gasteiger partial charge in [0.1, 0.15) is 32.7 Å². The molecule has 0 spiro atoms. The van der Waals surface area contributed by atoms with Gasteiger partial charge < -0.3 is 20.8 Å². The molecule has 0 aromatic heterocycles. The van der Waals surface area contributed by atoms with E-state index in [1.54, 1.807) is 0 Å². The fraction of sp³-hybridized carbons (Fsp3) is 0.0571. The number of benzene rings is 6. The maximum atomic E-state index is 14.1. The van der Waals surface area contributed by atoms with E-state index >= 15 is 0 Å². The van der Waals surface area contributed by atoms with Gasteiger partial charge in [-0.2, -0.15) is 16.8 Å². The van der Waals surface area contributed by atoms with E-state index in [1.165, 1.54) is 74.5 Å². The van der Waals surface area contributed by atoms with Crippen molar-refractivity contribution in [3.8, 4) is 11.5 Å². The number of nitrogens with zero attached hydrogens (tertiary/aromatic N) is 2. The smallest absolute Gasteiger partial charge is 0.323 e. The van der Waals surface area contributed by atoms with Crippen LogP contribution in [0.25, 0.3) is 21.5 Å². The third-order valence-electron chi connectivity index (χ3n) is 9.64. The van der Waals surface area contributed by atoms with E-state index in [4.69, 9.17) is 0 Å². The van der Waals surface area contributed by atoms with Gasteiger partial charge in [-0.05, 0) is 96.4 Å². The molecule has 0 radical (unpaired) electrons. The molecule has 21 heteroatoms. The van der Waals surface area contributed by atoms with Crippen molar-refractivity contribution in [2.45, 2.75) is 33.4 Å². The van der Waals surface area contributed by atoms with Gasteiger partial charge >= 0.3 is 6.03 Å². The van der Waals surface area contributed by atoms with Crippen molar-refractivity contribution < 1.29 is 57.8 Å². The number of carbonyl (C=O) groups excluding carboxylic acids is 1. The quantitative estimate of drug-likeness (QED) is 0.108. The topological polar surface area (TPSA) is 265 Å². The summed E-state index contributed by atoms with van der Waals surface area (Å²) in [4.78, 5) is 11.7. The Morgan fingerprint density at radius 1 is 0.571 bits per heavy atom. The van der Waals surface area contributed by atoms with Gasteiger partial charge in [0.25, 0.3) is 40.3 Å². The van der Waals surface area contributed by atoms with Crippen LogP contribution in [0.3, 0.4) is 0 Å². The highest BCUT2D eigenvalue weighted by Crippen LogP contribution is 2.52. The molecule has 0 saturated carbocycles. The summed E-state index contributed by atoms with van der Waals surface area (Å²) in [7, 11) is -18.7. The van der Waals surface area contributed by atoms with E-state index in [1.807, 2.05) is 0 Å². The van der Waals surface area contributed by atoms with E-state index in [2.05, 4.69) is 10.6 Å². The molecule has 6 N–H and O–H groups in total. The fourth-order valence-electron chi connectivity index (χ4n) is 7.02. The van der Waals surface area contributed by atoms with Gasteiger partial charge in [-0.15, -0.1) is 0 Å². The number of aromatic hydroxyl groups is 2. The molecule has 4 heterocycles. The van der Waals surface area contributed by atoms with Gasteiger partial charge in [-0.3, -0.25) is 9.11 Å². The van der Waals surface area contributed by atoms with E-state index < -0.39 is 77.4 Å². The number of rotatable bonds is 6. The van der Waals surface area contributed by atoms with Gasteiger partial charge in [0, 0.05) is 10.8 Å². The van der Waals surface area contributed by atoms with E-state index in [-0.39, 0.29) is 56.0 Å². The van der Waals surface area contributed by atoms with Crippen LogP contribution in [-0.4, -0.2) is 59.0 Å². The number of sulfonamides is 2. The monoisotopic (exact) mass is 838 g/mol. The number of hydrogen-bond acceptors (Lipinski definition) is 11. The standard InChI is InChI=1S/C35H26N4O13S4/c1-17-25-9-13-29(53(43,44)38(25)33-23-15-21(55(47,48)49)7-3-19(23)5-11-27(33)40)31(17)36-35(42)37-32-18(2)26-10-14-30(32)54(45,46)39(26)34-24-16-22(56(50,51)52)8-4-20(24)6-12-28(34)41/h3-16,40-41H,1-2H3,(H2,36,37,42)(H,47,48,49)(H,50,51,52). The molecule has 0 atom stereocenters. The zero-order chi connectivity index (χ0) is 40.4. The lowest BCUT2D eigenvalue weighted by molar-refractivity contribution is 0.262. The normalized spacial score (nSPS) is 15.4. The third kappa shape index (κ3) is 5.42. The van der Waals surface area contributed by atoms with Crippen LogP contribution in [0.5, 0.6) is 11.5 Å². The molecule has 4 aliphatic rings. The summed E-state index contributed by atoms with van der Waals surface area (Å²) in [6, 6.07) is 16.4. The van der Waals surface area contributed by atoms with Crippen LogP contribution >= 0.6 is 0 Å². The molecule has 6 aromatic rings. The lowest BCUT2D eigenvalue weighted by atomic mass is 10.1. The van der Waals surface area contributed by atoms with Crippen LogP contribution in [-0.2, 0) is 40.3 Å². The average molecular weight is 839 g/mol. The first-order chi connectivity index (χ1) is 26.1. The molecule has 2 amide bonds. The number of urea groups is 1. The highest BCUT2D eigenvalue weighted by atomic mass is 32.2. The van der Waals surface area contributed by atoms with Crippen molar-refractivity contribution in [1.29, 1.82) is 0 Å². The molecule has 10 rings (SSSR count). The molecule has 4 bridgehead atoms. The first kappa shape index (κ1) is 37.0. The SMILES string of the molecule is Cc1c2ccc(c1NC(=O)Nc1c3ccc(c1C)N(c1c(O)ccc4ccc(S(=O)(=O)O)cc14)S3(=O)=O)S(=O)(=O)N2c1c(O)ccc2ccc(S(=O)(=O)O)cc12. The molecule has 6 aromatic carbocycles. The van der Waals surface area contributed by atoms with Gasteiger partial charge in [0.05, 0.1) is 32.5 Å². The summed E-state index contributed by atoms with van der Waals surface area (Å²) < 4.78 is 125. The van der Waals surface area contributed by atoms with Gasteiger partial charge in [-0.1, -0.05) is 24.3 Å². The molecule has 0 fully saturated rings. The minimum absolute atomic E-state index is 0.0268. The Hall–Kier alpha value is -5.97. The number of amides is 2. The van der Waals surface area contributed by atoms with Crippen LogP contribution in [0.1, 0.15) is 11.1 Å². The Balaban J connectivity index is 1.17. The van der Waals surface area contributed by atoms with Crippen molar-refractivity contribution in [2.75, 3.05) is 19.2 Å². The molecule has 17 nitrogen and oxygen atoms in total. The van der Waals surface area contributed by atoms with Crippen LogP contribution in [0.4, 0.5) is 38.9 Å². The van der Waals surface area contributed by atoms with Crippen molar-refractivity contribution in [2.24, 2.45) is 0 Å². The zero-order valence-corrected chi connectivity index (χ0v) is 31.8. The van der Waals surface area contributed by atoms with Crippen LogP contribution in [0, 0.1) is 13.8 Å². The molecule has 0 aliphatic carbocycles. The Morgan fingerprint density at radius 2 is 0.929 bits per heavy atom. The molecule has 288 valence electrons. The largest absolute Gasteiger partial charge is 0.506 e. The van der Waals surface area contributed by atoms with Crippen molar-refractivity contribution in [3.05, 3.63) is 96.1 Å². The van der Waals surface area contributed by atoms with Gasteiger partial charge in [0.2, 0.25) is 0 Å². The number of fused-ring (bicyclic) bond motifs is 8. The number of phenolic OH excluding ortho intramolecular Hbond substituents is 2. The molecule has 0 unspecified atom stereocenters. The third-order valence-corrected chi connectivity index (χ3v) is 14.8. The second-order valence-electron chi connectivity index (χ2n) is 12.9. The van der Waals surface area contributed by atoms with E-state index in [9.17, 15) is 57.8 Å². The van der Waals surface area contributed by atoms with Gasteiger partial charge in [-0.25, -0.2) is 30.2 Å². The van der Waals surface area contributed by atoms with Crippen molar-refractivity contribution in [1.82, 2.24) is 0 Å². The average Bonchev–Trinajstić information content (AvgIpc) is 3.11. The lowest BCUT2D eigenvalue weighted by Gasteiger charge is -2.35. The van der Waals surface area contributed by atoms with Crippen LogP contribution in [0.2, 0.25) is 0 Å². The number of anilines is 6. The maximum Gasteiger partial charge on any atom is 0.323 e. The summed E-state index contributed by atoms with van der Waals surface area (Å²) in [6.45, 7) is 2.96. The van der Waals surface area contributed by atoms with Crippen LogP contribution in [0.15, 0.2) is 105 Å². The first-order valence-electron chi connectivity index (χ1n) is 16.0. The highest BCUT2D eigenvalue weighted by Gasteiger charge is 2.42. The Bertz CT molecular complexity index is 3050. The Kier molecular flexibility index (Phi) is 7.93. The number of carbonyl (C=O) groups is 1. The van der Waals surface area contributed by atoms with Gasteiger partial charge in [0.15, 0.2) is 0 Å². The Labute approximate surface area is 318 Å². The van der Waals surface area contributed by atoms with E-state index in [0.717, 1.165) is 32.9 Å². The number of phenols is 2. The maximum absolute atomic E-state index is 14.1. The lowest BCUT2D eigenvalue weighted by Crippen LogP contribution is -2.35. The molecule has 56 heavy (non-hydrogen) atoms. The summed E-state index contributed by atoms with van der Waals surface area (Å²) in [5, 5.41) is 27.5. The second-order valence-corrected chi connectivity index (χ2v) is 19.2. The molecule has 0 saturated heterocycles. The minimum atomic E-state index is -4.72. The van der Waals surface area contributed by atoms with Crippen molar-refractivity contribution in [3.63, 3.8) is 0 Å². The van der Waals surface area contributed by atoms with E-state index in [0.29, 0.717) is 10.8 Å². The zero-order valence-electron chi connectivity index (χ0n) is 28.6. The predicted octanol–water partition coefficient (Wildman–Crippen LogP) is 5.84. The molecular weight excluding hydrogens is 813 g/mol. The number of hydrogen-bond donors (Lipinski definition) is 6. The summed E-state index contributed by atoms with van der Waals surface area (Å²) >= 11 is 0. The second kappa shape index (κ2) is 12.0. The molecule has 4 aliphatic heterocycles. The molecular formula is C35H26N4O13S4. The van der Waals surface area contributed by atoms with Crippen molar-refractivity contribution >= 4 is 102 Å². The highest BCUT2D eigenvalue weighted by molar-refractivity contribution is 7.94.